The third kappa shape index (κ3) is 6.56. The maximum atomic E-state index is 7.66. The molecule has 0 spiro atoms. The van der Waals surface area contributed by atoms with Gasteiger partial charge in [-0.1, -0.05) is 12.8 Å². The molecule has 18 heavy (non-hydrogen) atoms. The molecule has 0 aromatic rings. The van der Waals surface area contributed by atoms with Crippen LogP contribution < -0.4 is 22.9 Å². The number of amidine groups is 2. The molecule has 0 saturated carbocycles. The summed E-state index contributed by atoms with van der Waals surface area (Å²) in [5, 5.41) is 15.3. The van der Waals surface area contributed by atoms with Crippen LogP contribution in [0, 0.1) is 22.7 Å². The quantitative estimate of drug-likeness (QED) is 0.179. The SMILES string of the molecule is N=C(N)C(CCCCN)C(CCCCN)C(=N)N. The molecule has 6 heteroatoms. The lowest BCUT2D eigenvalue weighted by atomic mass is 9.82. The summed E-state index contributed by atoms with van der Waals surface area (Å²) in [5.74, 6) is -0.0152. The Bertz CT molecular complexity index is 227. The second-order valence-electron chi connectivity index (χ2n) is 4.69. The van der Waals surface area contributed by atoms with Gasteiger partial charge in [0.1, 0.15) is 0 Å². The summed E-state index contributed by atoms with van der Waals surface area (Å²) >= 11 is 0. The summed E-state index contributed by atoms with van der Waals surface area (Å²) in [6.45, 7) is 1.28. The first-order chi connectivity index (χ1) is 8.54. The molecule has 0 saturated heterocycles. The van der Waals surface area contributed by atoms with Crippen molar-refractivity contribution < 1.29 is 0 Å². The Morgan fingerprint density at radius 2 is 1.06 bits per heavy atom. The van der Waals surface area contributed by atoms with E-state index in [4.69, 9.17) is 33.8 Å². The summed E-state index contributed by atoms with van der Waals surface area (Å²) in [5.41, 5.74) is 22.2. The van der Waals surface area contributed by atoms with E-state index in [9.17, 15) is 0 Å². The Balaban J connectivity index is 4.45. The molecule has 2 unspecified atom stereocenters. The highest BCUT2D eigenvalue weighted by molar-refractivity contribution is 5.88. The highest BCUT2D eigenvalue weighted by Crippen LogP contribution is 2.23. The second kappa shape index (κ2) is 9.85. The second-order valence-corrected chi connectivity index (χ2v) is 4.69. The van der Waals surface area contributed by atoms with Gasteiger partial charge in [0.2, 0.25) is 0 Å². The van der Waals surface area contributed by atoms with Crippen LogP contribution in [0.4, 0.5) is 0 Å². The molecule has 0 aliphatic carbocycles. The summed E-state index contributed by atoms with van der Waals surface area (Å²) in [7, 11) is 0. The molecular formula is C12H28N6. The maximum Gasteiger partial charge on any atom is 0.0944 e. The van der Waals surface area contributed by atoms with E-state index in [1.807, 2.05) is 0 Å². The van der Waals surface area contributed by atoms with Crippen molar-refractivity contribution in [1.82, 2.24) is 0 Å². The Morgan fingerprint density at radius 3 is 1.28 bits per heavy atom. The van der Waals surface area contributed by atoms with Crippen LogP contribution in [-0.4, -0.2) is 24.8 Å². The Labute approximate surface area is 109 Å². The van der Waals surface area contributed by atoms with Crippen LogP contribution in [0.2, 0.25) is 0 Å². The first-order valence-corrected chi connectivity index (χ1v) is 6.62. The Morgan fingerprint density at radius 1 is 0.722 bits per heavy atom. The molecule has 0 rings (SSSR count). The summed E-state index contributed by atoms with van der Waals surface area (Å²) < 4.78 is 0. The minimum Gasteiger partial charge on any atom is -0.387 e. The average molecular weight is 256 g/mol. The number of unbranched alkanes of at least 4 members (excludes halogenated alkanes) is 2. The molecule has 0 fully saturated rings. The molecule has 0 aliphatic rings. The lowest BCUT2D eigenvalue weighted by Gasteiger charge is -2.25. The molecule has 0 aromatic carbocycles. The van der Waals surface area contributed by atoms with Crippen LogP contribution in [0.15, 0.2) is 0 Å². The van der Waals surface area contributed by atoms with E-state index in [2.05, 4.69) is 0 Å². The molecule has 2 atom stereocenters. The largest absolute Gasteiger partial charge is 0.387 e. The van der Waals surface area contributed by atoms with Gasteiger partial charge in [-0.3, -0.25) is 10.8 Å². The fraction of sp³-hybridized carbons (Fsp3) is 0.833. The summed E-state index contributed by atoms with van der Waals surface area (Å²) in [6, 6.07) is 0. The standard InChI is InChI=1S/C12H28N6/c13-7-3-1-5-9(11(15)16)10(12(17)18)6-2-4-8-14/h9-10H,1-8,13-14H2,(H3,15,16)(H3,17,18). The van der Waals surface area contributed by atoms with Crippen molar-refractivity contribution in [1.29, 1.82) is 10.8 Å². The minimum absolute atomic E-state index is 0.125. The molecule has 0 radical (unpaired) electrons. The maximum absolute atomic E-state index is 7.66. The third-order valence-corrected chi connectivity index (χ3v) is 3.22. The topological polar surface area (TPSA) is 152 Å². The first-order valence-electron chi connectivity index (χ1n) is 6.62. The lowest BCUT2D eigenvalue weighted by Crippen LogP contribution is -2.37. The predicted octanol–water partition coefficient (Wildman–Crippen LogP) is 0.349. The van der Waals surface area contributed by atoms with Gasteiger partial charge in [0.15, 0.2) is 0 Å². The minimum atomic E-state index is -0.133. The van der Waals surface area contributed by atoms with Gasteiger partial charge in [-0.15, -0.1) is 0 Å². The van der Waals surface area contributed by atoms with Crippen LogP contribution in [0.1, 0.15) is 38.5 Å². The van der Waals surface area contributed by atoms with Gasteiger partial charge in [0.05, 0.1) is 11.7 Å². The van der Waals surface area contributed by atoms with Gasteiger partial charge < -0.3 is 22.9 Å². The van der Waals surface area contributed by atoms with Crippen molar-refractivity contribution in [2.45, 2.75) is 38.5 Å². The molecule has 0 heterocycles. The predicted molar refractivity (Wildman–Crippen MR) is 76.6 cm³/mol. The van der Waals surface area contributed by atoms with Gasteiger partial charge in [-0.2, -0.15) is 0 Å². The number of nitrogens with one attached hydrogen (secondary N) is 2. The van der Waals surface area contributed by atoms with Gasteiger partial charge in [0, 0.05) is 11.8 Å². The van der Waals surface area contributed by atoms with Crippen molar-refractivity contribution in [3.63, 3.8) is 0 Å². The Hall–Kier alpha value is -1.14. The number of nitrogens with two attached hydrogens (primary N) is 4. The Kier molecular flexibility index (Phi) is 9.22. The average Bonchev–Trinajstić information content (AvgIpc) is 2.31. The van der Waals surface area contributed by atoms with Gasteiger partial charge >= 0.3 is 0 Å². The fourth-order valence-corrected chi connectivity index (χ4v) is 2.16. The normalized spacial score (nSPS) is 14.1. The zero-order valence-corrected chi connectivity index (χ0v) is 11.1. The number of rotatable bonds is 11. The van der Waals surface area contributed by atoms with E-state index in [1.165, 1.54) is 0 Å². The van der Waals surface area contributed by atoms with Crippen molar-refractivity contribution in [2.75, 3.05) is 13.1 Å². The molecule has 0 bridgehead atoms. The zero-order chi connectivity index (χ0) is 14.0. The molecular weight excluding hydrogens is 228 g/mol. The third-order valence-electron chi connectivity index (χ3n) is 3.22. The number of hydrogen-bond acceptors (Lipinski definition) is 4. The van der Waals surface area contributed by atoms with Gasteiger partial charge in [-0.05, 0) is 38.8 Å². The summed E-state index contributed by atoms with van der Waals surface area (Å²) in [4.78, 5) is 0. The van der Waals surface area contributed by atoms with Gasteiger partial charge in [0.25, 0.3) is 0 Å². The van der Waals surface area contributed by atoms with Crippen LogP contribution in [-0.2, 0) is 0 Å². The van der Waals surface area contributed by atoms with Gasteiger partial charge in [-0.25, -0.2) is 0 Å². The van der Waals surface area contributed by atoms with Crippen molar-refractivity contribution in [2.24, 2.45) is 34.8 Å². The smallest absolute Gasteiger partial charge is 0.0944 e. The molecule has 0 amide bonds. The number of hydrogen-bond donors (Lipinski definition) is 6. The van der Waals surface area contributed by atoms with E-state index in [1.54, 1.807) is 0 Å². The first kappa shape index (κ1) is 16.9. The van der Waals surface area contributed by atoms with E-state index >= 15 is 0 Å². The summed E-state index contributed by atoms with van der Waals surface area (Å²) in [6.07, 6.45) is 5.22. The molecule has 0 aliphatic heterocycles. The van der Waals surface area contributed by atoms with Crippen molar-refractivity contribution >= 4 is 11.7 Å². The lowest BCUT2D eigenvalue weighted by molar-refractivity contribution is 0.429. The monoisotopic (exact) mass is 256 g/mol. The van der Waals surface area contributed by atoms with E-state index in [0.29, 0.717) is 13.1 Å². The zero-order valence-electron chi connectivity index (χ0n) is 11.1. The molecule has 10 N–H and O–H groups in total. The van der Waals surface area contributed by atoms with E-state index in [-0.39, 0.29) is 23.5 Å². The fourth-order valence-electron chi connectivity index (χ4n) is 2.16. The molecule has 106 valence electrons. The van der Waals surface area contributed by atoms with Crippen LogP contribution in [0.3, 0.4) is 0 Å². The molecule has 6 nitrogen and oxygen atoms in total. The highest BCUT2D eigenvalue weighted by Gasteiger charge is 2.25. The van der Waals surface area contributed by atoms with Crippen LogP contribution >= 0.6 is 0 Å². The van der Waals surface area contributed by atoms with Crippen LogP contribution in [0.5, 0.6) is 0 Å². The van der Waals surface area contributed by atoms with E-state index < -0.39 is 0 Å². The van der Waals surface area contributed by atoms with Crippen molar-refractivity contribution in [3.05, 3.63) is 0 Å². The van der Waals surface area contributed by atoms with Crippen LogP contribution in [0.25, 0.3) is 0 Å². The van der Waals surface area contributed by atoms with Crippen molar-refractivity contribution in [3.8, 4) is 0 Å². The molecule has 0 aromatic heterocycles. The highest BCUT2D eigenvalue weighted by atomic mass is 14.8. The van der Waals surface area contributed by atoms with E-state index in [0.717, 1.165) is 38.5 Å².